The van der Waals surface area contributed by atoms with Gasteiger partial charge in [0, 0.05) is 26.1 Å². The standard InChI is InChI=1S/C12H20N6O2/c1-3-9-15-10(17-13)6-11(16-9)18-4-5-20-7-8(18)12(19)14-2/h6,8H,3-5,7,13H2,1-2H3,(H,14,19)(H,15,16,17). The number of hydrogen-bond donors (Lipinski definition) is 3. The van der Waals surface area contributed by atoms with Crippen LogP contribution in [0.15, 0.2) is 6.07 Å². The minimum atomic E-state index is -0.390. The molecule has 0 radical (unpaired) electrons. The molecule has 0 aromatic carbocycles. The highest BCUT2D eigenvalue weighted by Gasteiger charge is 2.30. The lowest BCUT2D eigenvalue weighted by Gasteiger charge is -2.35. The number of aromatic nitrogens is 2. The number of aryl methyl sites for hydroxylation is 1. The predicted octanol–water partition coefficient (Wildman–Crippen LogP) is -0.724. The molecule has 2 heterocycles. The fraction of sp³-hybridized carbons (Fsp3) is 0.583. The summed E-state index contributed by atoms with van der Waals surface area (Å²) in [6.07, 6.45) is 0.692. The van der Waals surface area contributed by atoms with Gasteiger partial charge in [-0.15, -0.1) is 0 Å². The summed E-state index contributed by atoms with van der Waals surface area (Å²) in [7, 11) is 1.61. The summed E-state index contributed by atoms with van der Waals surface area (Å²) in [5.41, 5.74) is 2.53. The number of amides is 1. The third-order valence-corrected chi connectivity index (χ3v) is 3.19. The van der Waals surface area contributed by atoms with Gasteiger partial charge in [-0.2, -0.15) is 0 Å². The number of nitrogen functional groups attached to an aromatic ring is 1. The Hall–Kier alpha value is -1.93. The van der Waals surface area contributed by atoms with Crippen molar-refractivity contribution in [3.63, 3.8) is 0 Å². The largest absolute Gasteiger partial charge is 0.377 e. The molecular formula is C12H20N6O2. The third-order valence-electron chi connectivity index (χ3n) is 3.19. The van der Waals surface area contributed by atoms with Gasteiger partial charge in [0.25, 0.3) is 0 Å². The fourth-order valence-electron chi connectivity index (χ4n) is 2.12. The van der Waals surface area contributed by atoms with Gasteiger partial charge in [0.15, 0.2) is 0 Å². The Labute approximate surface area is 117 Å². The Morgan fingerprint density at radius 1 is 1.60 bits per heavy atom. The first-order chi connectivity index (χ1) is 9.69. The second kappa shape index (κ2) is 6.49. The third kappa shape index (κ3) is 2.97. The molecule has 1 aliphatic heterocycles. The molecular weight excluding hydrogens is 260 g/mol. The van der Waals surface area contributed by atoms with Crippen molar-refractivity contribution in [1.82, 2.24) is 15.3 Å². The van der Waals surface area contributed by atoms with Crippen molar-refractivity contribution in [2.45, 2.75) is 19.4 Å². The molecule has 1 aromatic heterocycles. The molecule has 1 saturated heterocycles. The van der Waals surface area contributed by atoms with E-state index in [2.05, 4.69) is 20.7 Å². The van der Waals surface area contributed by atoms with Crippen molar-refractivity contribution in [3.8, 4) is 0 Å². The summed E-state index contributed by atoms with van der Waals surface area (Å²) in [4.78, 5) is 22.6. The molecule has 1 amide bonds. The second-order valence-electron chi connectivity index (χ2n) is 4.42. The summed E-state index contributed by atoms with van der Waals surface area (Å²) in [6.45, 7) is 3.47. The first-order valence-corrected chi connectivity index (χ1v) is 6.60. The molecule has 0 spiro atoms. The SMILES string of the molecule is CCc1nc(NN)cc(N2CCOCC2C(=O)NC)n1. The van der Waals surface area contributed by atoms with Gasteiger partial charge in [-0.1, -0.05) is 6.92 Å². The van der Waals surface area contributed by atoms with E-state index in [1.165, 1.54) is 0 Å². The van der Waals surface area contributed by atoms with Crippen LogP contribution >= 0.6 is 0 Å². The molecule has 110 valence electrons. The van der Waals surface area contributed by atoms with E-state index >= 15 is 0 Å². The van der Waals surface area contributed by atoms with Gasteiger partial charge >= 0.3 is 0 Å². The molecule has 2 rings (SSSR count). The monoisotopic (exact) mass is 280 g/mol. The number of nitrogens with two attached hydrogens (primary N) is 1. The van der Waals surface area contributed by atoms with E-state index < -0.39 is 0 Å². The lowest BCUT2D eigenvalue weighted by molar-refractivity contribution is -0.124. The normalized spacial score (nSPS) is 18.8. The molecule has 1 unspecified atom stereocenters. The van der Waals surface area contributed by atoms with Crippen molar-refractivity contribution in [1.29, 1.82) is 0 Å². The van der Waals surface area contributed by atoms with E-state index in [9.17, 15) is 4.79 Å². The fourth-order valence-corrected chi connectivity index (χ4v) is 2.12. The predicted molar refractivity (Wildman–Crippen MR) is 75.2 cm³/mol. The van der Waals surface area contributed by atoms with Crippen LogP contribution in [-0.2, 0) is 16.0 Å². The van der Waals surface area contributed by atoms with Crippen LogP contribution < -0.4 is 21.5 Å². The van der Waals surface area contributed by atoms with Crippen molar-refractivity contribution in [2.24, 2.45) is 5.84 Å². The molecule has 0 aliphatic carbocycles. The molecule has 1 fully saturated rings. The average Bonchev–Trinajstić information content (AvgIpc) is 2.53. The van der Waals surface area contributed by atoms with Crippen LogP contribution in [0, 0.1) is 0 Å². The highest BCUT2D eigenvalue weighted by atomic mass is 16.5. The minimum absolute atomic E-state index is 0.0939. The Kier molecular flexibility index (Phi) is 4.70. The number of anilines is 2. The van der Waals surface area contributed by atoms with Gasteiger partial charge < -0.3 is 20.4 Å². The molecule has 1 atom stereocenters. The van der Waals surface area contributed by atoms with Crippen molar-refractivity contribution >= 4 is 17.5 Å². The highest BCUT2D eigenvalue weighted by Crippen LogP contribution is 2.20. The van der Waals surface area contributed by atoms with Crippen LogP contribution in [-0.4, -0.2) is 48.7 Å². The quantitative estimate of drug-likeness (QED) is 0.493. The number of carbonyl (C=O) groups excluding carboxylic acids is 1. The zero-order valence-electron chi connectivity index (χ0n) is 11.7. The van der Waals surface area contributed by atoms with Crippen LogP contribution in [0.5, 0.6) is 0 Å². The number of likely N-dealkylation sites (N-methyl/N-ethyl adjacent to an activating group) is 1. The first kappa shape index (κ1) is 14.5. The molecule has 1 aromatic rings. The number of morpholine rings is 1. The van der Waals surface area contributed by atoms with Crippen LogP contribution in [0.2, 0.25) is 0 Å². The number of rotatable bonds is 4. The Balaban J connectivity index is 2.33. The molecule has 20 heavy (non-hydrogen) atoms. The van der Waals surface area contributed by atoms with Crippen LogP contribution in [0.3, 0.4) is 0 Å². The van der Waals surface area contributed by atoms with Gasteiger partial charge in [-0.3, -0.25) is 4.79 Å². The molecule has 0 saturated carbocycles. The maximum absolute atomic E-state index is 11.9. The highest BCUT2D eigenvalue weighted by molar-refractivity contribution is 5.85. The molecule has 8 nitrogen and oxygen atoms in total. The summed E-state index contributed by atoms with van der Waals surface area (Å²) in [5.74, 6) is 7.23. The zero-order chi connectivity index (χ0) is 14.5. The van der Waals surface area contributed by atoms with E-state index in [0.29, 0.717) is 43.6 Å². The van der Waals surface area contributed by atoms with Crippen molar-refractivity contribution in [2.75, 3.05) is 37.1 Å². The Morgan fingerprint density at radius 2 is 2.40 bits per heavy atom. The van der Waals surface area contributed by atoms with Crippen molar-refractivity contribution < 1.29 is 9.53 Å². The van der Waals surface area contributed by atoms with Crippen LogP contribution in [0.4, 0.5) is 11.6 Å². The summed E-state index contributed by atoms with van der Waals surface area (Å²) < 4.78 is 5.38. The maximum Gasteiger partial charge on any atom is 0.244 e. The maximum atomic E-state index is 11.9. The number of ether oxygens (including phenoxy) is 1. The Morgan fingerprint density at radius 3 is 3.05 bits per heavy atom. The summed E-state index contributed by atoms with van der Waals surface area (Å²) >= 11 is 0. The lowest BCUT2D eigenvalue weighted by atomic mass is 10.2. The van der Waals surface area contributed by atoms with E-state index in [-0.39, 0.29) is 11.9 Å². The number of hydrogen-bond acceptors (Lipinski definition) is 7. The van der Waals surface area contributed by atoms with Gasteiger partial charge in [0.1, 0.15) is 23.5 Å². The van der Waals surface area contributed by atoms with Gasteiger partial charge in [0.05, 0.1) is 13.2 Å². The lowest BCUT2D eigenvalue weighted by Crippen LogP contribution is -2.53. The van der Waals surface area contributed by atoms with Crippen LogP contribution in [0.25, 0.3) is 0 Å². The zero-order valence-corrected chi connectivity index (χ0v) is 11.7. The molecule has 1 aliphatic rings. The Bertz CT molecular complexity index is 459. The smallest absolute Gasteiger partial charge is 0.244 e. The molecule has 0 bridgehead atoms. The second-order valence-corrected chi connectivity index (χ2v) is 4.42. The minimum Gasteiger partial charge on any atom is -0.377 e. The molecule has 4 N–H and O–H groups in total. The topological polar surface area (TPSA) is 105 Å². The number of carbonyl (C=O) groups is 1. The molecule has 8 heteroatoms. The van der Waals surface area contributed by atoms with E-state index in [0.717, 1.165) is 0 Å². The summed E-state index contributed by atoms with van der Waals surface area (Å²) in [5, 5.41) is 2.65. The number of nitrogens with zero attached hydrogens (tertiary/aromatic N) is 3. The van der Waals surface area contributed by atoms with Gasteiger partial charge in [-0.25, -0.2) is 15.8 Å². The van der Waals surface area contributed by atoms with Gasteiger partial charge in [0.2, 0.25) is 5.91 Å². The van der Waals surface area contributed by atoms with E-state index in [1.807, 2.05) is 11.8 Å². The van der Waals surface area contributed by atoms with Crippen LogP contribution in [0.1, 0.15) is 12.7 Å². The average molecular weight is 280 g/mol. The van der Waals surface area contributed by atoms with Gasteiger partial charge in [-0.05, 0) is 0 Å². The van der Waals surface area contributed by atoms with E-state index in [4.69, 9.17) is 10.6 Å². The first-order valence-electron chi connectivity index (χ1n) is 6.60. The van der Waals surface area contributed by atoms with Crippen molar-refractivity contribution in [3.05, 3.63) is 11.9 Å². The summed E-state index contributed by atoms with van der Waals surface area (Å²) in [6, 6.07) is 1.35. The number of hydrazine groups is 1. The van der Waals surface area contributed by atoms with E-state index in [1.54, 1.807) is 13.1 Å². The number of nitrogens with one attached hydrogen (secondary N) is 2.